The summed E-state index contributed by atoms with van der Waals surface area (Å²) in [7, 11) is 0. The smallest absolute Gasteiger partial charge is 0.306 e. The van der Waals surface area contributed by atoms with Crippen molar-refractivity contribution >= 4 is 5.97 Å². The van der Waals surface area contributed by atoms with Crippen molar-refractivity contribution < 1.29 is 13.9 Å². The minimum absolute atomic E-state index is 0.0832. The predicted molar refractivity (Wildman–Crippen MR) is 131 cm³/mol. The highest BCUT2D eigenvalue weighted by Gasteiger charge is 2.18. The first-order valence-corrected chi connectivity index (χ1v) is 13.1. The van der Waals surface area contributed by atoms with Gasteiger partial charge in [-0.2, -0.15) is 0 Å². The van der Waals surface area contributed by atoms with Gasteiger partial charge in [-0.1, -0.05) is 96.5 Å². The summed E-state index contributed by atoms with van der Waals surface area (Å²) in [4.78, 5) is 12.3. The highest BCUT2D eigenvalue weighted by Crippen LogP contribution is 2.26. The maximum absolute atomic E-state index is 12.3. The molecule has 0 aliphatic heterocycles. The number of rotatable bonds is 22. The lowest BCUT2D eigenvalue weighted by Gasteiger charge is -2.16. The molecule has 1 atom stereocenters. The van der Waals surface area contributed by atoms with Gasteiger partial charge in [-0.3, -0.25) is 4.79 Å². The lowest BCUT2D eigenvalue weighted by Crippen LogP contribution is -2.11. The molecule has 0 aromatic carbocycles. The second kappa shape index (κ2) is 20.4. The molecule has 3 heteroatoms. The summed E-state index contributed by atoms with van der Waals surface area (Å²) >= 11 is 0. The van der Waals surface area contributed by atoms with Gasteiger partial charge < -0.3 is 9.15 Å². The summed E-state index contributed by atoms with van der Waals surface area (Å²) in [6.07, 6.45) is 26.0. The number of carbonyl (C=O) groups is 1. The fourth-order valence-electron chi connectivity index (χ4n) is 4.03. The monoisotopic (exact) mass is 432 g/mol. The molecule has 0 radical (unpaired) electrons. The molecule has 1 heterocycles. The second-order valence-electron chi connectivity index (χ2n) is 8.91. The Balaban J connectivity index is 2.13. The quantitative estimate of drug-likeness (QED) is 0.104. The third-order valence-corrected chi connectivity index (χ3v) is 5.99. The number of ether oxygens (including phenoxy) is 1. The summed E-state index contributed by atoms with van der Waals surface area (Å²) in [5, 5.41) is 0. The van der Waals surface area contributed by atoms with E-state index in [1.54, 1.807) is 6.26 Å². The maximum atomic E-state index is 12.3. The molecular formula is C28H48O3. The maximum Gasteiger partial charge on any atom is 0.306 e. The Morgan fingerprint density at radius 3 is 2.06 bits per heavy atom. The van der Waals surface area contributed by atoms with Gasteiger partial charge in [0.15, 0.2) is 6.10 Å². The van der Waals surface area contributed by atoms with E-state index in [1.165, 1.54) is 83.5 Å². The number of allylic oxidation sites excluding steroid dienone is 1. The molecule has 1 rings (SSSR count). The van der Waals surface area contributed by atoms with Crippen molar-refractivity contribution in [3.63, 3.8) is 0 Å². The van der Waals surface area contributed by atoms with Gasteiger partial charge in [0.2, 0.25) is 0 Å². The van der Waals surface area contributed by atoms with Crippen molar-refractivity contribution in [3.8, 4) is 0 Å². The van der Waals surface area contributed by atoms with Crippen LogP contribution in [0.2, 0.25) is 0 Å². The van der Waals surface area contributed by atoms with Crippen molar-refractivity contribution in [1.82, 2.24) is 0 Å². The van der Waals surface area contributed by atoms with Crippen molar-refractivity contribution in [2.24, 2.45) is 0 Å². The van der Waals surface area contributed by atoms with Crippen molar-refractivity contribution in [1.29, 1.82) is 0 Å². The van der Waals surface area contributed by atoms with E-state index in [1.807, 2.05) is 18.2 Å². The first-order chi connectivity index (χ1) is 15.3. The van der Waals surface area contributed by atoms with Crippen LogP contribution in [0.15, 0.2) is 35.5 Å². The topological polar surface area (TPSA) is 39.4 Å². The summed E-state index contributed by atoms with van der Waals surface area (Å²) in [5.74, 6) is 0.701. The Kier molecular flexibility index (Phi) is 18.1. The molecule has 3 nitrogen and oxygen atoms in total. The first-order valence-electron chi connectivity index (χ1n) is 13.1. The average Bonchev–Trinajstić information content (AvgIpc) is 3.31. The number of hydrogen-bond acceptors (Lipinski definition) is 3. The Hall–Kier alpha value is -1.51. The van der Waals surface area contributed by atoms with Crippen LogP contribution in [0.25, 0.3) is 0 Å². The zero-order valence-electron chi connectivity index (χ0n) is 20.3. The third-order valence-electron chi connectivity index (χ3n) is 5.99. The zero-order chi connectivity index (χ0) is 22.4. The molecular weight excluding hydrogens is 384 g/mol. The molecule has 0 N–H and O–H groups in total. The van der Waals surface area contributed by atoms with E-state index in [9.17, 15) is 4.79 Å². The Labute approximate surface area is 192 Å². The van der Waals surface area contributed by atoms with Crippen LogP contribution in [0.1, 0.15) is 141 Å². The number of unbranched alkanes of at least 4 members (excludes halogenated alkanes) is 15. The van der Waals surface area contributed by atoms with E-state index < -0.39 is 0 Å². The van der Waals surface area contributed by atoms with Gasteiger partial charge in [-0.05, 0) is 44.2 Å². The molecule has 0 aliphatic rings. The largest absolute Gasteiger partial charge is 0.465 e. The molecule has 1 aromatic heterocycles. The molecule has 0 amide bonds. The van der Waals surface area contributed by atoms with E-state index in [2.05, 4.69) is 13.5 Å². The van der Waals surface area contributed by atoms with Crippen LogP contribution in [0, 0.1) is 0 Å². The summed E-state index contributed by atoms with van der Waals surface area (Å²) in [5.41, 5.74) is 0. The van der Waals surface area contributed by atoms with Crippen molar-refractivity contribution in [2.45, 2.75) is 135 Å². The summed E-state index contributed by atoms with van der Waals surface area (Å²) in [6.45, 7) is 6.02. The van der Waals surface area contributed by atoms with Gasteiger partial charge in [-0.25, -0.2) is 0 Å². The summed E-state index contributed by atoms with van der Waals surface area (Å²) < 4.78 is 11.3. The van der Waals surface area contributed by atoms with Crippen LogP contribution in [-0.2, 0) is 9.53 Å². The number of esters is 1. The molecule has 0 saturated heterocycles. The number of hydrogen-bond donors (Lipinski definition) is 0. The molecule has 31 heavy (non-hydrogen) atoms. The van der Waals surface area contributed by atoms with Crippen LogP contribution in [0.5, 0.6) is 0 Å². The molecule has 1 aromatic rings. The first kappa shape index (κ1) is 27.5. The van der Waals surface area contributed by atoms with Crippen LogP contribution in [-0.4, -0.2) is 5.97 Å². The SMILES string of the molecule is C=CCCCCCCCCC(=O)OC(CCCCCCCCCCCC)c1ccco1. The van der Waals surface area contributed by atoms with Gasteiger partial charge in [0.1, 0.15) is 5.76 Å². The van der Waals surface area contributed by atoms with Gasteiger partial charge >= 0.3 is 5.97 Å². The van der Waals surface area contributed by atoms with Gasteiger partial charge in [0, 0.05) is 6.42 Å². The lowest BCUT2D eigenvalue weighted by atomic mass is 10.0. The van der Waals surface area contributed by atoms with Crippen molar-refractivity contribution in [3.05, 3.63) is 36.8 Å². The predicted octanol–water partition coefficient (Wildman–Crippen LogP) is 9.48. The van der Waals surface area contributed by atoms with E-state index in [0.29, 0.717) is 6.42 Å². The fourth-order valence-corrected chi connectivity index (χ4v) is 4.03. The molecule has 0 spiro atoms. The molecule has 0 bridgehead atoms. The number of furan rings is 1. The lowest BCUT2D eigenvalue weighted by molar-refractivity contribution is -0.151. The van der Waals surface area contributed by atoms with Crippen LogP contribution >= 0.6 is 0 Å². The van der Waals surface area contributed by atoms with Crippen LogP contribution < -0.4 is 0 Å². The molecule has 0 aliphatic carbocycles. The molecule has 0 saturated carbocycles. The second-order valence-corrected chi connectivity index (χ2v) is 8.91. The van der Waals surface area contributed by atoms with Crippen LogP contribution in [0.4, 0.5) is 0 Å². The number of carbonyl (C=O) groups excluding carboxylic acids is 1. The fraction of sp³-hybridized carbons (Fsp3) is 0.750. The molecule has 1 unspecified atom stereocenters. The van der Waals surface area contributed by atoms with E-state index in [-0.39, 0.29) is 12.1 Å². The Morgan fingerprint density at radius 1 is 0.903 bits per heavy atom. The summed E-state index contributed by atoms with van der Waals surface area (Å²) in [6, 6.07) is 3.80. The van der Waals surface area contributed by atoms with E-state index >= 15 is 0 Å². The Morgan fingerprint density at radius 2 is 1.48 bits per heavy atom. The van der Waals surface area contributed by atoms with E-state index in [4.69, 9.17) is 9.15 Å². The van der Waals surface area contributed by atoms with Crippen molar-refractivity contribution in [2.75, 3.05) is 0 Å². The van der Waals surface area contributed by atoms with E-state index in [0.717, 1.165) is 37.9 Å². The molecule has 0 fully saturated rings. The normalized spacial score (nSPS) is 12.0. The van der Waals surface area contributed by atoms with Crippen LogP contribution in [0.3, 0.4) is 0 Å². The average molecular weight is 433 g/mol. The van der Waals surface area contributed by atoms with Gasteiger partial charge in [-0.15, -0.1) is 6.58 Å². The van der Waals surface area contributed by atoms with Gasteiger partial charge in [0.25, 0.3) is 0 Å². The minimum atomic E-state index is -0.226. The highest BCUT2D eigenvalue weighted by atomic mass is 16.6. The molecule has 178 valence electrons. The minimum Gasteiger partial charge on any atom is -0.465 e. The van der Waals surface area contributed by atoms with Gasteiger partial charge in [0.05, 0.1) is 6.26 Å². The third kappa shape index (κ3) is 15.9. The Bertz CT molecular complexity index is 520. The zero-order valence-corrected chi connectivity index (χ0v) is 20.3. The standard InChI is InChI=1S/C28H48O3/c1-3-5-7-9-11-13-14-15-17-19-22-27(26-23-21-25-30-26)31-28(29)24-20-18-16-12-10-8-6-4-2/h4,21,23,25,27H,2-3,5-20,22,24H2,1H3. The highest BCUT2D eigenvalue weighted by molar-refractivity contribution is 5.69.